The predicted octanol–water partition coefficient (Wildman–Crippen LogP) is 2.31. The highest BCUT2D eigenvalue weighted by Crippen LogP contribution is 2.48. The van der Waals surface area contributed by atoms with Crippen LogP contribution in [0, 0.1) is 0 Å². The molecule has 0 radical (unpaired) electrons. The van der Waals surface area contributed by atoms with Crippen LogP contribution in [-0.4, -0.2) is 22.0 Å². The maximum absolute atomic E-state index is 12.6. The number of carbonyl (C=O) groups is 1. The Bertz CT molecular complexity index is 942. The van der Waals surface area contributed by atoms with Gasteiger partial charge in [0.2, 0.25) is 5.91 Å². The zero-order valence-corrected chi connectivity index (χ0v) is 13.9. The molecule has 1 aliphatic carbocycles. The molecule has 0 aliphatic heterocycles. The minimum Gasteiger partial charge on any atom is -0.354 e. The summed E-state index contributed by atoms with van der Waals surface area (Å²) >= 11 is 1.40. The van der Waals surface area contributed by atoms with Crippen LogP contribution in [0.15, 0.2) is 52.9 Å². The molecule has 1 fully saturated rings. The van der Waals surface area contributed by atoms with E-state index in [1.165, 1.54) is 11.3 Å². The number of thiophene rings is 1. The van der Waals surface area contributed by atoms with Crippen molar-refractivity contribution in [3.63, 3.8) is 0 Å². The lowest BCUT2D eigenvalue weighted by Crippen LogP contribution is -2.37. The van der Waals surface area contributed by atoms with E-state index in [1.807, 2.05) is 41.8 Å². The normalized spacial score (nSPS) is 15.3. The summed E-state index contributed by atoms with van der Waals surface area (Å²) in [4.78, 5) is 29.1. The predicted molar refractivity (Wildman–Crippen MR) is 94.2 cm³/mol. The van der Waals surface area contributed by atoms with Crippen LogP contribution in [0.25, 0.3) is 10.2 Å². The van der Waals surface area contributed by atoms with E-state index in [1.54, 1.807) is 10.9 Å². The Hall–Kier alpha value is -2.47. The van der Waals surface area contributed by atoms with Gasteiger partial charge in [-0.15, -0.1) is 11.3 Å². The Balaban J connectivity index is 1.43. The van der Waals surface area contributed by atoms with Crippen LogP contribution in [0.4, 0.5) is 0 Å². The van der Waals surface area contributed by atoms with Gasteiger partial charge in [0.15, 0.2) is 0 Å². The number of carbonyl (C=O) groups excluding carboxylic acids is 1. The number of fused-ring (bicyclic) bond motifs is 1. The van der Waals surface area contributed by atoms with Crippen LogP contribution in [0.5, 0.6) is 0 Å². The van der Waals surface area contributed by atoms with Crippen molar-refractivity contribution in [3.8, 4) is 0 Å². The fourth-order valence-electron chi connectivity index (χ4n) is 3.03. The topological polar surface area (TPSA) is 64.0 Å². The number of nitrogens with zero attached hydrogens (tertiary/aromatic N) is 2. The van der Waals surface area contributed by atoms with Crippen molar-refractivity contribution in [1.29, 1.82) is 0 Å². The van der Waals surface area contributed by atoms with Crippen LogP contribution in [0.1, 0.15) is 18.4 Å². The summed E-state index contributed by atoms with van der Waals surface area (Å²) < 4.78 is 2.22. The molecule has 2 aromatic heterocycles. The van der Waals surface area contributed by atoms with E-state index in [2.05, 4.69) is 10.3 Å². The molecule has 1 aliphatic rings. The quantitative estimate of drug-likeness (QED) is 0.776. The van der Waals surface area contributed by atoms with Gasteiger partial charge in [-0.05, 0) is 29.9 Å². The molecule has 3 aromatic rings. The third-order valence-electron chi connectivity index (χ3n) is 4.59. The second-order valence-electron chi connectivity index (χ2n) is 6.08. The van der Waals surface area contributed by atoms with Crippen LogP contribution in [-0.2, 0) is 16.8 Å². The van der Waals surface area contributed by atoms with Crippen LogP contribution in [0.2, 0.25) is 0 Å². The molecule has 24 heavy (non-hydrogen) atoms. The van der Waals surface area contributed by atoms with Crippen LogP contribution in [0.3, 0.4) is 0 Å². The first-order valence-corrected chi connectivity index (χ1v) is 8.85. The molecule has 5 nitrogen and oxygen atoms in total. The van der Waals surface area contributed by atoms with Gasteiger partial charge in [0, 0.05) is 13.1 Å². The molecule has 0 bridgehead atoms. The molecule has 122 valence electrons. The Morgan fingerprint density at radius 1 is 1.25 bits per heavy atom. The number of hydrogen-bond donors (Lipinski definition) is 1. The minimum absolute atomic E-state index is 0.0477. The molecule has 1 amide bonds. The number of nitrogens with one attached hydrogen (secondary N) is 1. The average molecular weight is 339 g/mol. The Morgan fingerprint density at radius 3 is 2.79 bits per heavy atom. The third kappa shape index (κ3) is 2.53. The van der Waals surface area contributed by atoms with E-state index in [4.69, 9.17) is 0 Å². The summed E-state index contributed by atoms with van der Waals surface area (Å²) in [7, 11) is 0. The first-order chi connectivity index (χ1) is 11.7. The third-order valence-corrected chi connectivity index (χ3v) is 5.48. The highest BCUT2D eigenvalue weighted by Gasteiger charge is 2.50. The Kier molecular flexibility index (Phi) is 3.69. The van der Waals surface area contributed by atoms with Gasteiger partial charge in [0.25, 0.3) is 5.56 Å². The minimum atomic E-state index is -0.373. The Morgan fingerprint density at radius 2 is 2.04 bits per heavy atom. The second-order valence-corrected chi connectivity index (χ2v) is 7.00. The highest BCUT2D eigenvalue weighted by atomic mass is 32.1. The maximum atomic E-state index is 12.6. The lowest BCUT2D eigenvalue weighted by molar-refractivity contribution is -0.123. The summed E-state index contributed by atoms with van der Waals surface area (Å²) in [6.45, 7) is 0.849. The monoisotopic (exact) mass is 339 g/mol. The van der Waals surface area contributed by atoms with Crippen molar-refractivity contribution in [3.05, 3.63) is 64.0 Å². The molecule has 1 aromatic carbocycles. The summed E-state index contributed by atoms with van der Waals surface area (Å²) in [6.07, 6.45) is 3.31. The van der Waals surface area contributed by atoms with Crippen molar-refractivity contribution < 1.29 is 4.79 Å². The SMILES string of the molecule is O=C(NCCn1cnc2ccsc2c1=O)C1(c2ccccc2)CC1. The van der Waals surface area contributed by atoms with E-state index in [-0.39, 0.29) is 16.9 Å². The standard InChI is InChI=1S/C18H17N3O2S/c22-16-15-14(6-11-24-15)20-12-21(16)10-9-19-17(23)18(7-8-18)13-4-2-1-3-5-13/h1-6,11-12H,7-10H2,(H,19,23). The fraction of sp³-hybridized carbons (Fsp3) is 0.278. The average Bonchev–Trinajstić information content (AvgIpc) is 3.29. The van der Waals surface area contributed by atoms with Gasteiger partial charge in [-0.3, -0.25) is 14.2 Å². The molecule has 0 saturated heterocycles. The lowest BCUT2D eigenvalue weighted by atomic mass is 9.95. The molecule has 2 heterocycles. The summed E-state index contributed by atoms with van der Waals surface area (Å²) in [5.74, 6) is 0.0481. The van der Waals surface area contributed by atoms with E-state index < -0.39 is 0 Å². The number of hydrogen-bond acceptors (Lipinski definition) is 4. The lowest BCUT2D eigenvalue weighted by Gasteiger charge is -2.16. The fourth-order valence-corrected chi connectivity index (χ4v) is 3.82. The largest absolute Gasteiger partial charge is 0.354 e. The number of amides is 1. The van der Waals surface area contributed by atoms with Crippen molar-refractivity contribution in [2.75, 3.05) is 6.54 Å². The maximum Gasteiger partial charge on any atom is 0.271 e. The first-order valence-electron chi connectivity index (χ1n) is 7.97. The van der Waals surface area contributed by atoms with Gasteiger partial charge in [0.05, 0.1) is 17.3 Å². The highest BCUT2D eigenvalue weighted by molar-refractivity contribution is 7.17. The number of rotatable bonds is 5. The van der Waals surface area contributed by atoms with Gasteiger partial charge in [0.1, 0.15) is 4.70 Å². The van der Waals surface area contributed by atoms with E-state index in [0.29, 0.717) is 17.8 Å². The molecule has 6 heteroatoms. The summed E-state index contributed by atoms with van der Waals surface area (Å²) in [6, 6.07) is 11.7. The zero-order valence-electron chi connectivity index (χ0n) is 13.1. The van der Waals surface area contributed by atoms with Gasteiger partial charge in [-0.1, -0.05) is 30.3 Å². The smallest absolute Gasteiger partial charge is 0.271 e. The van der Waals surface area contributed by atoms with Crippen molar-refractivity contribution in [2.24, 2.45) is 0 Å². The molecule has 0 spiro atoms. The number of benzene rings is 1. The Labute approximate surface area is 143 Å². The molecule has 1 N–H and O–H groups in total. The van der Waals surface area contributed by atoms with Crippen molar-refractivity contribution in [2.45, 2.75) is 24.8 Å². The van der Waals surface area contributed by atoms with Gasteiger partial charge in [-0.25, -0.2) is 4.98 Å². The summed E-state index contributed by atoms with van der Waals surface area (Å²) in [5, 5.41) is 4.84. The first kappa shape index (κ1) is 15.1. The number of aromatic nitrogens is 2. The molecular formula is C18H17N3O2S. The van der Waals surface area contributed by atoms with E-state index >= 15 is 0 Å². The van der Waals surface area contributed by atoms with Gasteiger partial charge < -0.3 is 5.32 Å². The zero-order chi connectivity index (χ0) is 16.6. The van der Waals surface area contributed by atoms with E-state index in [9.17, 15) is 9.59 Å². The van der Waals surface area contributed by atoms with Crippen LogP contribution < -0.4 is 10.9 Å². The molecular weight excluding hydrogens is 322 g/mol. The molecule has 0 atom stereocenters. The van der Waals surface area contributed by atoms with E-state index in [0.717, 1.165) is 23.9 Å². The molecule has 4 rings (SSSR count). The molecule has 1 saturated carbocycles. The van der Waals surface area contributed by atoms with Gasteiger partial charge in [-0.2, -0.15) is 0 Å². The van der Waals surface area contributed by atoms with Crippen molar-refractivity contribution >= 4 is 27.5 Å². The molecule has 0 unspecified atom stereocenters. The van der Waals surface area contributed by atoms with Crippen molar-refractivity contribution in [1.82, 2.24) is 14.9 Å². The van der Waals surface area contributed by atoms with Crippen LogP contribution >= 0.6 is 11.3 Å². The van der Waals surface area contributed by atoms with Gasteiger partial charge >= 0.3 is 0 Å². The summed E-state index contributed by atoms with van der Waals surface area (Å²) in [5.41, 5.74) is 1.38. The second kappa shape index (κ2) is 5.87.